The number of benzene rings is 1. The third-order valence-corrected chi connectivity index (χ3v) is 2.61. The van der Waals surface area contributed by atoms with Crippen LogP contribution < -0.4 is 14.8 Å². The summed E-state index contributed by atoms with van der Waals surface area (Å²) in [6, 6.07) is 10.0. The van der Waals surface area contributed by atoms with Crippen molar-refractivity contribution >= 4 is 11.9 Å². The molecule has 0 atom stereocenters. The summed E-state index contributed by atoms with van der Waals surface area (Å²) in [6.45, 7) is -0.244. The molecule has 1 amide bonds. The van der Waals surface area contributed by atoms with Gasteiger partial charge in [-0.05, 0) is 24.3 Å². The van der Waals surface area contributed by atoms with Crippen LogP contribution in [-0.4, -0.2) is 30.5 Å². The van der Waals surface area contributed by atoms with Crippen molar-refractivity contribution in [3.63, 3.8) is 0 Å². The zero-order chi connectivity index (χ0) is 15.1. The molecule has 1 N–H and O–H groups in total. The first-order valence-electron chi connectivity index (χ1n) is 6.22. The fourth-order valence-corrected chi connectivity index (χ4v) is 1.61. The van der Waals surface area contributed by atoms with E-state index in [1.807, 2.05) is 0 Å². The van der Waals surface area contributed by atoms with Crippen molar-refractivity contribution in [2.24, 2.45) is 0 Å². The molecule has 21 heavy (non-hydrogen) atoms. The van der Waals surface area contributed by atoms with Gasteiger partial charge in [0.05, 0.1) is 12.7 Å². The normalized spacial score (nSPS) is 9.76. The number of ether oxygens (including phenoxy) is 2. The number of carbonyl (C=O) groups is 2. The molecule has 1 aromatic heterocycles. The Morgan fingerprint density at radius 3 is 2.57 bits per heavy atom. The van der Waals surface area contributed by atoms with Gasteiger partial charge >= 0.3 is 5.97 Å². The molecule has 0 fully saturated rings. The lowest BCUT2D eigenvalue weighted by molar-refractivity contribution is -0.133. The van der Waals surface area contributed by atoms with Crippen LogP contribution in [0.5, 0.6) is 11.5 Å². The second-order valence-electron chi connectivity index (χ2n) is 4.05. The van der Waals surface area contributed by atoms with E-state index in [-0.39, 0.29) is 12.5 Å². The first-order valence-corrected chi connectivity index (χ1v) is 6.22. The maximum absolute atomic E-state index is 11.7. The summed E-state index contributed by atoms with van der Waals surface area (Å²) < 4.78 is 10.2. The molecule has 6 heteroatoms. The average Bonchev–Trinajstić information content (AvgIpc) is 2.54. The van der Waals surface area contributed by atoms with E-state index >= 15 is 0 Å². The summed E-state index contributed by atoms with van der Waals surface area (Å²) in [5.41, 5.74) is 0.377. The second kappa shape index (κ2) is 7.04. The topological polar surface area (TPSA) is 77.5 Å². The Labute approximate surface area is 121 Å². The van der Waals surface area contributed by atoms with Gasteiger partial charge in [0, 0.05) is 12.4 Å². The Hall–Kier alpha value is -2.89. The first-order chi connectivity index (χ1) is 10.2. The van der Waals surface area contributed by atoms with Crippen LogP contribution in [0, 0.1) is 0 Å². The maximum atomic E-state index is 11.7. The molecule has 0 spiro atoms. The molecule has 108 valence electrons. The molecule has 2 aromatic rings. The minimum absolute atomic E-state index is 0.244. The predicted molar refractivity (Wildman–Crippen MR) is 75.2 cm³/mol. The van der Waals surface area contributed by atoms with Crippen LogP contribution in [0.1, 0.15) is 10.4 Å². The van der Waals surface area contributed by atoms with Crippen molar-refractivity contribution in [3.05, 3.63) is 54.4 Å². The van der Waals surface area contributed by atoms with Gasteiger partial charge in [-0.1, -0.05) is 12.1 Å². The van der Waals surface area contributed by atoms with Crippen molar-refractivity contribution in [2.75, 3.05) is 13.7 Å². The summed E-state index contributed by atoms with van der Waals surface area (Å²) in [5.74, 6) is -0.220. The predicted octanol–water partition coefficient (Wildman–Crippen LogP) is 1.43. The highest BCUT2D eigenvalue weighted by atomic mass is 16.6. The van der Waals surface area contributed by atoms with Crippen molar-refractivity contribution < 1.29 is 19.1 Å². The van der Waals surface area contributed by atoms with Crippen LogP contribution in [0.15, 0.2) is 48.8 Å². The molecular formula is C15H14N2O4. The molecular weight excluding hydrogens is 272 g/mol. The minimum Gasteiger partial charge on any atom is -0.493 e. The van der Waals surface area contributed by atoms with Gasteiger partial charge in [0.1, 0.15) is 6.54 Å². The van der Waals surface area contributed by atoms with Crippen molar-refractivity contribution in [3.8, 4) is 11.5 Å². The number of amides is 1. The van der Waals surface area contributed by atoms with Gasteiger partial charge in [-0.3, -0.25) is 9.78 Å². The maximum Gasteiger partial charge on any atom is 0.330 e. The lowest BCUT2D eigenvalue weighted by Crippen LogP contribution is -2.32. The quantitative estimate of drug-likeness (QED) is 0.664. The van der Waals surface area contributed by atoms with Crippen LogP contribution >= 0.6 is 0 Å². The van der Waals surface area contributed by atoms with Crippen LogP contribution in [0.3, 0.4) is 0 Å². The number of hydrogen-bond acceptors (Lipinski definition) is 5. The fraction of sp³-hybridized carbons (Fsp3) is 0.133. The van der Waals surface area contributed by atoms with Gasteiger partial charge in [-0.2, -0.15) is 0 Å². The number of carbonyl (C=O) groups excluding carboxylic acids is 2. The number of hydrogen-bond donors (Lipinski definition) is 1. The largest absolute Gasteiger partial charge is 0.493 e. The molecule has 1 heterocycles. The Bertz CT molecular complexity index is 629. The molecule has 0 aliphatic carbocycles. The third-order valence-electron chi connectivity index (χ3n) is 2.61. The Balaban J connectivity index is 1.89. The van der Waals surface area contributed by atoms with Crippen LogP contribution in [0.4, 0.5) is 0 Å². The third kappa shape index (κ3) is 4.04. The molecule has 6 nitrogen and oxygen atoms in total. The van der Waals surface area contributed by atoms with Crippen LogP contribution in [-0.2, 0) is 4.79 Å². The molecule has 0 saturated carbocycles. The van der Waals surface area contributed by atoms with Gasteiger partial charge in [0.25, 0.3) is 5.91 Å². The summed E-state index contributed by atoms with van der Waals surface area (Å²) in [7, 11) is 1.48. The van der Waals surface area contributed by atoms with Gasteiger partial charge in [-0.15, -0.1) is 0 Å². The van der Waals surface area contributed by atoms with Crippen molar-refractivity contribution in [1.29, 1.82) is 0 Å². The van der Waals surface area contributed by atoms with Crippen LogP contribution in [0.25, 0.3) is 0 Å². The highest BCUT2D eigenvalue weighted by Gasteiger charge is 2.11. The minimum atomic E-state index is -0.586. The smallest absolute Gasteiger partial charge is 0.330 e. The Morgan fingerprint density at radius 1 is 1.14 bits per heavy atom. The van der Waals surface area contributed by atoms with Gasteiger partial charge < -0.3 is 14.8 Å². The highest BCUT2D eigenvalue weighted by molar-refractivity contribution is 5.95. The number of methoxy groups -OCH3 is 1. The van der Waals surface area contributed by atoms with Crippen molar-refractivity contribution in [2.45, 2.75) is 0 Å². The van der Waals surface area contributed by atoms with Crippen LogP contribution in [0.2, 0.25) is 0 Å². The van der Waals surface area contributed by atoms with E-state index in [9.17, 15) is 9.59 Å². The summed E-state index contributed by atoms with van der Waals surface area (Å²) in [4.78, 5) is 27.3. The number of pyridine rings is 1. The van der Waals surface area contributed by atoms with E-state index in [1.165, 1.54) is 13.3 Å². The zero-order valence-electron chi connectivity index (χ0n) is 11.4. The summed E-state index contributed by atoms with van der Waals surface area (Å²) in [5, 5.41) is 2.46. The summed E-state index contributed by atoms with van der Waals surface area (Å²) >= 11 is 0. The van der Waals surface area contributed by atoms with E-state index in [4.69, 9.17) is 9.47 Å². The molecule has 0 aliphatic heterocycles. The number of nitrogens with zero attached hydrogens (tertiary/aromatic N) is 1. The number of aromatic nitrogens is 1. The fourth-order valence-electron chi connectivity index (χ4n) is 1.61. The Morgan fingerprint density at radius 2 is 1.90 bits per heavy atom. The van der Waals surface area contributed by atoms with Gasteiger partial charge in [-0.25, -0.2) is 4.79 Å². The second-order valence-corrected chi connectivity index (χ2v) is 4.05. The van der Waals surface area contributed by atoms with E-state index in [0.717, 1.165) is 0 Å². The standard InChI is InChI=1S/C15H14N2O4/c1-20-12-6-2-3-7-13(12)21-14(18)10-17-15(19)11-5-4-8-16-9-11/h2-9H,10H2,1H3,(H,17,19). The van der Waals surface area contributed by atoms with Gasteiger partial charge in [0.2, 0.25) is 0 Å². The molecule has 2 rings (SSSR count). The lowest BCUT2D eigenvalue weighted by atomic mass is 10.3. The van der Waals surface area contributed by atoms with E-state index in [1.54, 1.807) is 42.6 Å². The Kier molecular flexibility index (Phi) is 4.87. The van der Waals surface area contributed by atoms with E-state index in [0.29, 0.717) is 17.1 Å². The number of rotatable bonds is 5. The lowest BCUT2D eigenvalue weighted by Gasteiger charge is -2.09. The molecule has 0 aliphatic rings. The van der Waals surface area contributed by atoms with Crippen molar-refractivity contribution in [1.82, 2.24) is 10.3 Å². The average molecular weight is 286 g/mol. The molecule has 0 radical (unpaired) electrons. The zero-order valence-corrected chi connectivity index (χ0v) is 11.4. The van der Waals surface area contributed by atoms with E-state index in [2.05, 4.69) is 10.3 Å². The molecule has 0 bridgehead atoms. The first kappa shape index (κ1) is 14.5. The number of para-hydroxylation sites is 2. The highest BCUT2D eigenvalue weighted by Crippen LogP contribution is 2.25. The monoisotopic (exact) mass is 286 g/mol. The summed E-state index contributed by atoms with van der Waals surface area (Å²) in [6.07, 6.45) is 2.98. The SMILES string of the molecule is COc1ccccc1OC(=O)CNC(=O)c1cccnc1. The molecule has 1 aromatic carbocycles. The number of nitrogens with one attached hydrogen (secondary N) is 1. The van der Waals surface area contributed by atoms with Gasteiger partial charge in [0.15, 0.2) is 11.5 Å². The van der Waals surface area contributed by atoms with E-state index < -0.39 is 5.97 Å². The number of esters is 1. The molecule has 0 unspecified atom stereocenters. The molecule has 0 saturated heterocycles.